The lowest BCUT2D eigenvalue weighted by atomic mass is 10.1. The van der Waals surface area contributed by atoms with Crippen molar-refractivity contribution in [3.63, 3.8) is 0 Å². The Kier molecular flexibility index (Phi) is 3.80. The lowest BCUT2D eigenvalue weighted by Gasteiger charge is -2.17. The van der Waals surface area contributed by atoms with Crippen molar-refractivity contribution in [1.29, 1.82) is 0 Å². The number of nitrogens with one attached hydrogen (secondary N) is 1. The molecule has 0 saturated carbocycles. The van der Waals surface area contributed by atoms with Crippen LogP contribution in [0.25, 0.3) is 0 Å². The van der Waals surface area contributed by atoms with E-state index >= 15 is 0 Å². The molecule has 7 heteroatoms. The number of nitrogens with zero attached hydrogens (tertiary/aromatic N) is 1. The summed E-state index contributed by atoms with van der Waals surface area (Å²) in [5.74, 6) is 0.474. The highest BCUT2D eigenvalue weighted by Crippen LogP contribution is 2.32. The Balaban J connectivity index is 3.08. The maximum atomic E-state index is 11.5. The highest BCUT2D eigenvalue weighted by molar-refractivity contribution is 7.91. The predicted molar refractivity (Wildman–Crippen MR) is 67.6 cm³/mol. The highest BCUT2D eigenvalue weighted by atomic mass is 32.2. The summed E-state index contributed by atoms with van der Waals surface area (Å²) in [5.41, 5.74) is 5.56. The molecule has 0 aliphatic rings. The number of aromatic nitrogens is 1. The molecule has 0 amide bonds. The number of hydrogen-bond donors (Lipinski definition) is 2. The van der Waals surface area contributed by atoms with Crippen LogP contribution in [0.4, 0.5) is 10.8 Å². The lowest BCUT2D eigenvalue weighted by Crippen LogP contribution is -2.21. The van der Waals surface area contributed by atoms with Gasteiger partial charge in [0, 0.05) is 12.3 Å². The highest BCUT2D eigenvalue weighted by Gasteiger charge is 2.22. The number of rotatable bonds is 4. The topological polar surface area (TPSA) is 85.1 Å². The van der Waals surface area contributed by atoms with Crippen molar-refractivity contribution in [2.24, 2.45) is 5.92 Å². The largest absolute Gasteiger partial charge is 0.382 e. The number of nitrogen functional groups attached to an aromatic ring is 1. The minimum Gasteiger partial charge on any atom is -0.382 e. The molecule has 92 valence electrons. The van der Waals surface area contributed by atoms with E-state index in [1.807, 2.05) is 6.92 Å². The van der Waals surface area contributed by atoms with Crippen molar-refractivity contribution in [2.75, 3.05) is 17.3 Å². The molecule has 0 spiro atoms. The molecule has 1 heterocycles. The molecule has 0 fully saturated rings. The van der Waals surface area contributed by atoms with E-state index in [0.717, 1.165) is 17.8 Å². The van der Waals surface area contributed by atoms with Gasteiger partial charge in [0.2, 0.25) is 0 Å². The minimum atomic E-state index is -3.33. The Morgan fingerprint density at radius 3 is 2.38 bits per heavy atom. The van der Waals surface area contributed by atoms with Crippen LogP contribution in [0.2, 0.25) is 0 Å². The van der Waals surface area contributed by atoms with Crippen LogP contribution in [0.15, 0.2) is 4.90 Å². The van der Waals surface area contributed by atoms with Crippen LogP contribution in [0.5, 0.6) is 0 Å². The monoisotopic (exact) mass is 263 g/mol. The standard InChI is InChI=1S/C9H17N3O2S2/c1-5(2)6(3)11-9-7(16(4,13)14)8(10)12-15-9/h5-6,11H,1-4H3,(H2,10,12). The van der Waals surface area contributed by atoms with E-state index in [1.165, 1.54) is 0 Å². The zero-order chi connectivity index (χ0) is 12.5. The van der Waals surface area contributed by atoms with Crippen LogP contribution < -0.4 is 11.1 Å². The number of nitrogens with two attached hydrogens (primary N) is 1. The molecule has 0 aliphatic carbocycles. The van der Waals surface area contributed by atoms with Gasteiger partial charge in [0.15, 0.2) is 15.7 Å². The van der Waals surface area contributed by atoms with Gasteiger partial charge in [0.1, 0.15) is 9.90 Å². The first-order valence-electron chi connectivity index (χ1n) is 4.95. The summed E-state index contributed by atoms with van der Waals surface area (Å²) in [4.78, 5) is 0.116. The van der Waals surface area contributed by atoms with Crippen LogP contribution in [-0.2, 0) is 9.84 Å². The SMILES string of the molecule is CC(C)C(C)Nc1snc(N)c1S(C)(=O)=O. The normalized spacial score (nSPS) is 14.1. The van der Waals surface area contributed by atoms with Gasteiger partial charge >= 0.3 is 0 Å². The smallest absolute Gasteiger partial charge is 0.182 e. The van der Waals surface area contributed by atoms with Gasteiger partial charge in [-0.1, -0.05) is 13.8 Å². The van der Waals surface area contributed by atoms with Crippen LogP contribution in [0.3, 0.4) is 0 Å². The van der Waals surface area contributed by atoms with Gasteiger partial charge in [-0.15, -0.1) is 0 Å². The summed E-state index contributed by atoms with van der Waals surface area (Å²) in [6.07, 6.45) is 1.14. The second-order valence-corrected chi connectivity index (χ2v) is 6.90. The Morgan fingerprint density at radius 1 is 1.38 bits per heavy atom. The van der Waals surface area contributed by atoms with Gasteiger partial charge in [0.05, 0.1) is 0 Å². The molecule has 0 aromatic carbocycles. The van der Waals surface area contributed by atoms with E-state index in [0.29, 0.717) is 10.9 Å². The average molecular weight is 263 g/mol. The lowest BCUT2D eigenvalue weighted by molar-refractivity contribution is 0.559. The Labute approximate surface area is 100 Å². The quantitative estimate of drug-likeness (QED) is 0.861. The molecule has 5 nitrogen and oxygen atoms in total. The molecule has 0 saturated heterocycles. The van der Waals surface area contributed by atoms with Crippen molar-refractivity contribution < 1.29 is 8.42 Å². The van der Waals surface area contributed by atoms with Crippen molar-refractivity contribution in [2.45, 2.75) is 31.7 Å². The van der Waals surface area contributed by atoms with Crippen LogP contribution in [0.1, 0.15) is 20.8 Å². The second-order valence-electron chi connectivity index (χ2n) is 4.18. The molecule has 1 atom stereocenters. The molecule has 1 aromatic rings. The fraction of sp³-hybridized carbons (Fsp3) is 0.667. The number of anilines is 2. The first-order chi connectivity index (χ1) is 7.23. The molecule has 3 N–H and O–H groups in total. The van der Waals surface area contributed by atoms with Gasteiger partial charge in [0.25, 0.3) is 0 Å². The van der Waals surface area contributed by atoms with Gasteiger partial charge in [-0.3, -0.25) is 0 Å². The zero-order valence-electron chi connectivity index (χ0n) is 9.81. The van der Waals surface area contributed by atoms with E-state index in [4.69, 9.17) is 5.73 Å². The van der Waals surface area contributed by atoms with E-state index in [1.54, 1.807) is 0 Å². The summed E-state index contributed by atoms with van der Waals surface area (Å²) < 4.78 is 26.9. The predicted octanol–water partition coefficient (Wildman–Crippen LogP) is 1.59. The zero-order valence-corrected chi connectivity index (χ0v) is 11.4. The molecule has 1 aromatic heterocycles. The third-order valence-electron chi connectivity index (χ3n) is 2.40. The van der Waals surface area contributed by atoms with Crippen LogP contribution >= 0.6 is 11.5 Å². The summed E-state index contributed by atoms with van der Waals surface area (Å²) in [6, 6.07) is 0.167. The molecule has 1 rings (SSSR count). The molecule has 16 heavy (non-hydrogen) atoms. The van der Waals surface area contributed by atoms with Crippen LogP contribution in [0, 0.1) is 5.92 Å². The van der Waals surface area contributed by atoms with Gasteiger partial charge in [-0.05, 0) is 24.4 Å². The molecular weight excluding hydrogens is 246 g/mol. The minimum absolute atomic E-state index is 0.0750. The fourth-order valence-corrected chi connectivity index (χ4v) is 3.27. The van der Waals surface area contributed by atoms with Crippen LogP contribution in [-0.4, -0.2) is 25.1 Å². The number of hydrogen-bond acceptors (Lipinski definition) is 6. The summed E-state index contributed by atoms with van der Waals surface area (Å²) in [6.45, 7) is 6.11. The van der Waals surface area contributed by atoms with Gasteiger partial charge in [-0.25, -0.2) is 8.42 Å². The fourth-order valence-electron chi connectivity index (χ4n) is 1.12. The van der Waals surface area contributed by atoms with Gasteiger partial charge in [-0.2, -0.15) is 4.37 Å². The first kappa shape index (κ1) is 13.2. The molecule has 0 radical (unpaired) electrons. The van der Waals surface area contributed by atoms with Crippen molar-refractivity contribution in [3.8, 4) is 0 Å². The second kappa shape index (κ2) is 4.58. The first-order valence-corrected chi connectivity index (χ1v) is 7.61. The van der Waals surface area contributed by atoms with Gasteiger partial charge < -0.3 is 11.1 Å². The Bertz CT molecular complexity index is 465. The van der Waals surface area contributed by atoms with Crippen molar-refractivity contribution in [1.82, 2.24) is 4.37 Å². The summed E-state index contributed by atoms with van der Waals surface area (Å²) in [7, 11) is -3.33. The van der Waals surface area contributed by atoms with E-state index in [-0.39, 0.29) is 16.8 Å². The number of sulfone groups is 1. The van der Waals surface area contributed by atoms with E-state index in [9.17, 15) is 8.42 Å². The summed E-state index contributed by atoms with van der Waals surface area (Å²) in [5, 5.41) is 3.66. The Morgan fingerprint density at radius 2 is 1.94 bits per heavy atom. The average Bonchev–Trinajstić information content (AvgIpc) is 2.45. The third-order valence-corrected chi connectivity index (χ3v) is 4.48. The molecular formula is C9H17N3O2S2. The molecule has 1 unspecified atom stereocenters. The van der Waals surface area contributed by atoms with E-state index < -0.39 is 9.84 Å². The Hall–Kier alpha value is -0.820. The van der Waals surface area contributed by atoms with Crippen molar-refractivity contribution in [3.05, 3.63) is 0 Å². The third kappa shape index (κ3) is 2.85. The summed E-state index contributed by atoms with van der Waals surface area (Å²) >= 11 is 1.08. The molecule has 0 aliphatic heterocycles. The molecule has 0 bridgehead atoms. The van der Waals surface area contributed by atoms with E-state index in [2.05, 4.69) is 23.5 Å². The van der Waals surface area contributed by atoms with Crippen molar-refractivity contribution >= 4 is 32.2 Å². The maximum Gasteiger partial charge on any atom is 0.182 e. The maximum absolute atomic E-state index is 11.5.